The maximum Gasteiger partial charge on any atom is 0.162 e. The summed E-state index contributed by atoms with van der Waals surface area (Å²) in [5.41, 5.74) is 5.41. The van der Waals surface area contributed by atoms with E-state index in [0.717, 1.165) is 6.07 Å². The second-order valence-corrected chi connectivity index (χ2v) is 4.72. The van der Waals surface area contributed by atoms with E-state index in [1.54, 1.807) is 0 Å². The van der Waals surface area contributed by atoms with Gasteiger partial charge in [0.15, 0.2) is 11.6 Å². The van der Waals surface area contributed by atoms with E-state index < -0.39 is 22.4 Å². The smallest absolute Gasteiger partial charge is 0.162 e. The molecule has 0 amide bonds. The second-order valence-electron chi connectivity index (χ2n) is 3.14. The zero-order valence-corrected chi connectivity index (χ0v) is 9.03. The summed E-state index contributed by atoms with van der Waals surface area (Å²) in [5, 5.41) is 0. The highest BCUT2D eigenvalue weighted by Gasteiger charge is 2.10. The monoisotopic (exact) mass is 233 g/mol. The first-order chi connectivity index (χ1) is 7.15. The first-order valence-corrected chi connectivity index (χ1v) is 6.12. The topological polar surface area (TPSA) is 43.1 Å². The molecular formula is C10H13F2NOS. The van der Waals surface area contributed by atoms with Crippen LogP contribution >= 0.6 is 0 Å². The summed E-state index contributed by atoms with van der Waals surface area (Å²) in [6, 6.07) is 3.90. The molecule has 15 heavy (non-hydrogen) atoms. The van der Waals surface area contributed by atoms with Crippen molar-refractivity contribution in [3.8, 4) is 0 Å². The van der Waals surface area contributed by atoms with Gasteiger partial charge in [-0.15, -0.1) is 0 Å². The van der Waals surface area contributed by atoms with Crippen LogP contribution in [0.15, 0.2) is 18.2 Å². The molecule has 1 aromatic rings. The molecule has 2 nitrogen and oxygen atoms in total. The van der Waals surface area contributed by atoms with Gasteiger partial charge >= 0.3 is 0 Å². The van der Waals surface area contributed by atoms with Crippen molar-refractivity contribution in [1.82, 2.24) is 0 Å². The van der Waals surface area contributed by atoms with E-state index in [2.05, 4.69) is 0 Å². The Morgan fingerprint density at radius 1 is 1.33 bits per heavy atom. The van der Waals surface area contributed by atoms with Gasteiger partial charge < -0.3 is 5.73 Å². The minimum absolute atomic E-state index is 0.0452. The lowest BCUT2D eigenvalue weighted by molar-refractivity contribution is 0.502. The predicted octanol–water partition coefficient (Wildman–Crippen LogP) is 1.56. The molecule has 0 heterocycles. The molecule has 0 radical (unpaired) electrons. The van der Waals surface area contributed by atoms with Crippen molar-refractivity contribution in [2.75, 3.05) is 12.3 Å². The molecule has 0 saturated heterocycles. The van der Waals surface area contributed by atoms with Crippen LogP contribution in [0.5, 0.6) is 0 Å². The van der Waals surface area contributed by atoms with Crippen molar-refractivity contribution in [3.05, 3.63) is 35.4 Å². The number of hydrogen-bond donors (Lipinski definition) is 1. The quantitative estimate of drug-likeness (QED) is 0.838. The van der Waals surface area contributed by atoms with Gasteiger partial charge in [-0.05, 0) is 19.0 Å². The van der Waals surface area contributed by atoms with Crippen LogP contribution in [0.4, 0.5) is 8.78 Å². The molecule has 2 N–H and O–H groups in total. The van der Waals surface area contributed by atoms with Gasteiger partial charge in [0.2, 0.25) is 0 Å². The minimum atomic E-state index is -1.18. The van der Waals surface area contributed by atoms with Crippen LogP contribution < -0.4 is 5.73 Å². The molecule has 84 valence electrons. The Morgan fingerprint density at radius 2 is 2.07 bits per heavy atom. The lowest BCUT2D eigenvalue weighted by Crippen LogP contribution is -2.08. The highest BCUT2D eigenvalue weighted by molar-refractivity contribution is 7.84. The van der Waals surface area contributed by atoms with E-state index in [1.807, 2.05) is 0 Å². The summed E-state index contributed by atoms with van der Waals surface area (Å²) in [6.45, 7) is 0.456. The van der Waals surface area contributed by atoms with Gasteiger partial charge in [-0.3, -0.25) is 4.21 Å². The van der Waals surface area contributed by atoms with Crippen LogP contribution in [-0.4, -0.2) is 16.5 Å². The molecule has 0 aliphatic carbocycles. The van der Waals surface area contributed by atoms with Crippen LogP contribution in [0.2, 0.25) is 0 Å². The molecule has 1 unspecified atom stereocenters. The maximum absolute atomic E-state index is 13.2. The average Bonchev–Trinajstić information content (AvgIpc) is 2.22. The molecule has 0 spiro atoms. The molecule has 0 fully saturated rings. The molecule has 0 aliphatic rings. The molecule has 1 atom stereocenters. The summed E-state index contributed by atoms with van der Waals surface area (Å²) >= 11 is 0. The van der Waals surface area contributed by atoms with Gasteiger partial charge in [0, 0.05) is 22.1 Å². The number of nitrogens with two attached hydrogens (primary N) is 1. The normalized spacial score (nSPS) is 12.7. The van der Waals surface area contributed by atoms with Gasteiger partial charge in [-0.2, -0.15) is 0 Å². The third-order valence-corrected chi connectivity index (χ3v) is 3.30. The lowest BCUT2D eigenvalue weighted by atomic mass is 10.2. The van der Waals surface area contributed by atoms with Crippen LogP contribution in [0.3, 0.4) is 0 Å². The summed E-state index contributed by atoms with van der Waals surface area (Å²) in [7, 11) is -1.18. The summed E-state index contributed by atoms with van der Waals surface area (Å²) in [4.78, 5) is 0. The molecule has 0 saturated carbocycles. The van der Waals surface area contributed by atoms with Crippen LogP contribution in [0.1, 0.15) is 12.0 Å². The molecule has 0 bridgehead atoms. The van der Waals surface area contributed by atoms with Crippen molar-refractivity contribution in [2.24, 2.45) is 5.73 Å². The van der Waals surface area contributed by atoms with Gasteiger partial charge in [-0.1, -0.05) is 12.1 Å². The predicted molar refractivity (Wildman–Crippen MR) is 56.7 cm³/mol. The van der Waals surface area contributed by atoms with E-state index in [1.165, 1.54) is 12.1 Å². The third-order valence-electron chi connectivity index (χ3n) is 1.92. The van der Waals surface area contributed by atoms with E-state index >= 15 is 0 Å². The number of rotatable bonds is 5. The fraction of sp³-hybridized carbons (Fsp3) is 0.400. The molecule has 0 aliphatic heterocycles. The Bertz CT molecular complexity index is 357. The minimum Gasteiger partial charge on any atom is -0.330 e. The Hall–Kier alpha value is -0.810. The highest BCUT2D eigenvalue weighted by Crippen LogP contribution is 2.13. The van der Waals surface area contributed by atoms with Crippen molar-refractivity contribution < 1.29 is 13.0 Å². The first kappa shape index (κ1) is 12.3. The summed E-state index contributed by atoms with van der Waals surface area (Å²) in [5.74, 6) is -1.34. The van der Waals surface area contributed by atoms with E-state index in [-0.39, 0.29) is 11.3 Å². The van der Waals surface area contributed by atoms with Crippen molar-refractivity contribution >= 4 is 10.8 Å². The second kappa shape index (κ2) is 5.92. The SMILES string of the molecule is NCCCS(=O)Cc1cccc(F)c1F. The van der Waals surface area contributed by atoms with Crippen molar-refractivity contribution in [2.45, 2.75) is 12.2 Å². The molecule has 1 aromatic carbocycles. The standard InChI is InChI=1S/C10H13F2NOS/c11-9-4-1-3-8(10(9)12)7-15(14)6-2-5-13/h1,3-4H,2,5-7,13H2. The number of hydrogen-bond acceptors (Lipinski definition) is 2. The largest absolute Gasteiger partial charge is 0.330 e. The molecule has 5 heteroatoms. The van der Waals surface area contributed by atoms with Gasteiger partial charge in [0.25, 0.3) is 0 Å². The maximum atomic E-state index is 13.2. The van der Waals surface area contributed by atoms with E-state index in [9.17, 15) is 13.0 Å². The summed E-state index contributed by atoms with van der Waals surface area (Å²) < 4.78 is 37.3. The zero-order chi connectivity index (χ0) is 11.3. The number of benzene rings is 1. The van der Waals surface area contributed by atoms with Crippen LogP contribution in [0, 0.1) is 11.6 Å². The highest BCUT2D eigenvalue weighted by atomic mass is 32.2. The Kier molecular flexibility index (Phi) is 4.84. The van der Waals surface area contributed by atoms with Crippen molar-refractivity contribution in [1.29, 1.82) is 0 Å². The van der Waals surface area contributed by atoms with Crippen molar-refractivity contribution in [3.63, 3.8) is 0 Å². The fourth-order valence-corrected chi connectivity index (χ4v) is 2.35. The van der Waals surface area contributed by atoms with E-state index in [4.69, 9.17) is 5.73 Å². The third kappa shape index (κ3) is 3.68. The van der Waals surface area contributed by atoms with Gasteiger partial charge in [0.1, 0.15) is 0 Å². The Labute approximate surface area is 89.9 Å². The molecular weight excluding hydrogens is 220 g/mol. The van der Waals surface area contributed by atoms with Crippen LogP contribution in [0.25, 0.3) is 0 Å². The average molecular weight is 233 g/mol. The van der Waals surface area contributed by atoms with Crippen LogP contribution in [-0.2, 0) is 16.6 Å². The van der Waals surface area contributed by atoms with E-state index in [0.29, 0.717) is 18.7 Å². The van der Waals surface area contributed by atoms with Gasteiger partial charge in [0.05, 0.1) is 5.75 Å². The zero-order valence-electron chi connectivity index (χ0n) is 8.21. The Morgan fingerprint density at radius 3 is 2.73 bits per heavy atom. The molecule has 0 aromatic heterocycles. The first-order valence-electron chi connectivity index (χ1n) is 4.63. The summed E-state index contributed by atoms with van der Waals surface area (Å²) in [6.07, 6.45) is 0.629. The Balaban J connectivity index is 2.64. The fourth-order valence-electron chi connectivity index (χ4n) is 1.15. The van der Waals surface area contributed by atoms with Gasteiger partial charge in [-0.25, -0.2) is 8.78 Å². The number of halogens is 2. The lowest BCUT2D eigenvalue weighted by Gasteiger charge is -2.03. The molecule has 1 rings (SSSR count).